The largest absolute Gasteiger partial charge is 0.383 e. The SMILES string of the molecule is CCCn1ccc(NC(=O)c2ccc3c(Cl)c(-c4nn(C(C)(C)C)c5ncnc(N)c45)[nH]c3c2)n1. The Morgan fingerprint density at radius 1 is 1.20 bits per heavy atom. The molecular formula is C24H26ClN9O. The number of aryl methyl sites for hydroxylation is 1. The van der Waals surface area contributed by atoms with Crippen LogP contribution >= 0.6 is 11.6 Å². The van der Waals surface area contributed by atoms with Crippen LogP contribution in [0.5, 0.6) is 0 Å². The van der Waals surface area contributed by atoms with Crippen LogP contribution < -0.4 is 11.1 Å². The number of aromatic nitrogens is 7. The summed E-state index contributed by atoms with van der Waals surface area (Å²) in [4.78, 5) is 24.8. The molecule has 4 aromatic heterocycles. The maximum Gasteiger partial charge on any atom is 0.256 e. The van der Waals surface area contributed by atoms with Crippen LogP contribution in [-0.4, -0.2) is 40.4 Å². The maximum absolute atomic E-state index is 12.9. The van der Waals surface area contributed by atoms with Crippen molar-refractivity contribution in [3.63, 3.8) is 0 Å². The van der Waals surface area contributed by atoms with Gasteiger partial charge in [0.1, 0.15) is 17.8 Å². The smallest absolute Gasteiger partial charge is 0.256 e. The van der Waals surface area contributed by atoms with Crippen LogP contribution in [0.4, 0.5) is 11.6 Å². The molecule has 0 aliphatic carbocycles. The van der Waals surface area contributed by atoms with E-state index < -0.39 is 0 Å². The number of nitrogens with two attached hydrogens (primary N) is 1. The van der Waals surface area contributed by atoms with Crippen LogP contribution in [0.15, 0.2) is 36.8 Å². The molecule has 0 aliphatic heterocycles. The Morgan fingerprint density at radius 2 is 2.00 bits per heavy atom. The molecule has 0 fully saturated rings. The molecule has 1 amide bonds. The third kappa shape index (κ3) is 3.99. The summed E-state index contributed by atoms with van der Waals surface area (Å²) < 4.78 is 3.61. The minimum Gasteiger partial charge on any atom is -0.383 e. The van der Waals surface area contributed by atoms with E-state index in [1.165, 1.54) is 6.33 Å². The highest BCUT2D eigenvalue weighted by Gasteiger charge is 2.26. The molecule has 0 atom stereocenters. The quantitative estimate of drug-likeness (QED) is 0.322. The van der Waals surface area contributed by atoms with Crippen molar-refractivity contribution < 1.29 is 4.79 Å². The summed E-state index contributed by atoms with van der Waals surface area (Å²) in [5.74, 6) is 0.558. The number of hydrogen-bond donors (Lipinski definition) is 3. The number of hydrogen-bond acceptors (Lipinski definition) is 6. The van der Waals surface area contributed by atoms with E-state index in [9.17, 15) is 4.79 Å². The zero-order valence-corrected chi connectivity index (χ0v) is 20.7. The number of carbonyl (C=O) groups is 1. The predicted octanol–water partition coefficient (Wildman–Crippen LogP) is 4.82. The number of halogens is 1. The monoisotopic (exact) mass is 491 g/mol. The van der Waals surface area contributed by atoms with E-state index in [4.69, 9.17) is 22.4 Å². The van der Waals surface area contributed by atoms with Crippen LogP contribution in [-0.2, 0) is 12.1 Å². The lowest BCUT2D eigenvalue weighted by Gasteiger charge is -2.19. The highest BCUT2D eigenvalue weighted by Crippen LogP contribution is 2.39. The van der Waals surface area contributed by atoms with Crippen LogP contribution in [0.1, 0.15) is 44.5 Å². The van der Waals surface area contributed by atoms with E-state index in [1.807, 2.05) is 37.7 Å². The van der Waals surface area contributed by atoms with Crippen molar-refractivity contribution in [3.8, 4) is 11.4 Å². The number of benzene rings is 1. The molecule has 35 heavy (non-hydrogen) atoms. The lowest BCUT2D eigenvalue weighted by atomic mass is 10.1. The van der Waals surface area contributed by atoms with Gasteiger partial charge in [-0.05, 0) is 39.3 Å². The Labute approximate surface area is 206 Å². The summed E-state index contributed by atoms with van der Waals surface area (Å²) >= 11 is 6.79. The fourth-order valence-corrected chi connectivity index (χ4v) is 4.36. The second-order valence-corrected chi connectivity index (χ2v) is 9.76. The number of H-pyrrole nitrogens is 1. The number of nitrogens with one attached hydrogen (secondary N) is 2. The van der Waals surface area contributed by atoms with E-state index in [-0.39, 0.29) is 11.4 Å². The standard InChI is InChI=1S/C24H26ClN9O/c1-5-9-33-10-8-16(31-33)30-23(35)13-6-7-14-15(11-13)29-20(18(14)25)19-17-21(26)27-12-28-22(17)34(32-19)24(2,3)4/h6-8,10-12,29H,5,9H2,1-4H3,(H2,26,27,28)(H,30,31,35). The summed E-state index contributed by atoms with van der Waals surface area (Å²) in [5.41, 5.74) is 8.83. The molecule has 180 valence electrons. The highest BCUT2D eigenvalue weighted by molar-refractivity contribution is 6.38. The van der Waals surface area contributed by atoms with Crippen molar-refractivity contribution >= 4 is 51.1 Å². The molecule has 0 unspecified atom stereocenters. The first kappa shape index (κ1) is 22.9. The molecule has 4 heterocycles. The number of amides is 1. The molecule has 0 bridgehead atoms. The topological polar surface area (TPSA) is 132 Å². The van der Waals surface area contributed by atoms with E-state index in [1.54, 1.807) is 22.9 Å². The van der Waals surface area contributed by atoms with Gasteiger partial charge in [0.2, 0.25) is 0 Å². The van der Waals surface area contributed by atoms with E-state index >= 15 is 0 Å². The molecule has 5 aromatic rings. The van der Waals surface area contributed by atoms with Crippen LogP contribution in [0.2, 0.25) is 5.02 Å². The fraction of sp³-hybridized carbons (Fsp3) is 0.292. The first-order valence-corrected chi connectivity index (χ1v) is 11.7. The third-order valence-electron chi connectivity index (χ3n) is 5.70. The molecule has 5 rings (SSSR count). The van der Waals surface area contributed by atoms with Gasteiger partial charge in [-0.15, -0.1) is 0 Å². The molecule has 0 aliphatic rings. The van der Waals surface area contributed by atoms with Crippen molar-refractivity contribution in [3.05, 3.63) is 47.4 Å². The van der Waals surface area contributed by atoms with Gasteiger partial charge in [0.15, 0.2) is 11.5 Å². The Morgan fingerprint density at radius 3 is 2.74 bits per heavy atom. The van der Waals surface area contributed by atoms with Crippen LogP contribution in [0.25, 0.3) is 33.3 Å². The first-order chi connectivity index (χ1) is 16.7. The molecule has 0 saturated heterocycles. The van der Waals surface area contributed by atoms with Gasteiger partial charge < -0.3 is 16.0 Å². The zero-order valence-electron chi connectivity index (χ0n) is 19.9. The average Bonchev–Trinajstić information content (AvgIpc) is 3.50. The Balaban J connectivity index is 1.55. The second-order valence-electron chi connectivity index (χ2n) is 9.38. The van der Waals surface area contributed by atoms with Gasteiger partial charge in [0.25, 0.3) is 5.91 Å². The number of rotatable bonds is 5. The Kier molecular flexibility index (Phi) is 5.47. The molecule has 0 spiro atoms. The lowest BCUT2D eigenvalue weighted by Crippen LogP contribution is -2.23. The number of nitrogens with zero attached hydrogens (tertiary/aromatic N) is 6. The fourth-order valence-electron chi connectivity index (χ4n) is 4.06. The van der Waals surface area contributed by atoms with Crippen LogP contribution in [0, 0.1) is 0 Å². The Bertz CT molecular complexity index is 1570. The normalized spacial score (nSPS) is 12.0. The zero-order chi connectivity index (χ0) is 24.9. The molecule has 11 heteroatoms. The molecule has 4 N–H and O–H groups in total. The minimum atomic E-state index is -0.342. The van der Waals surface area contributed by atoms with Crippen molar-refractivity contribution in [2.24, 2.45) is 0 Å². The summed E-state index contributed by atoms with van der Waals surface area (Å²) in [7, 11) is 0. The number of aromatic amines is 1. The van der Waals surface area contributed by atoms with E-state index in [0.29, 0.717) is 50.2 Å². The summed E-state index contributed by atoms with van der Waals surface area (Å²) in [5, 5.41) is 13.9. The maximum atomic E-state index is 12.9. The van der Waals surface area contributed by atoms with Gasteiger partial charge in [-0.1, -0.05) is 24.6 Å². The molecule has 10 nitrogen and oxygen atoms in total. The number of carbonyl (C=O) groups excluding carboxylic acids is 1. The average molecular weight is 492 g/mol. The molecule has 0 radical (unpaired) electrons. The number of fused-ring (bicyclic) bond motifs is 2. The van der Waals surface area contributed by atoms with Gasteiger partial charge >= 0.3 is 0 Å². The van der Waals surface area contributed by atoms with Gasteiger partial charge in [0, 0.05) is 35.3 Å². The predicted molar refractivity (Wildman–Crippen MR) is 138 cm³/mol. The number of nitrogen functional groups attached to an aromatic ring is 1. The lowest BCUT2D eigenvalue weighted by molar-refractivity contribution is 0.102. The summed E-state index contributed by atoms with van der Waals surface area (Å²) in [6, 6.07) is 7.07. The van der Waals surface area contributed by atoms with Gasteiger partial charge in [0.05, 0.1) is 21.6 Å². The number of anilines is 2. The summed E-state index contributed by atoms with van der Waals surface area (Å²) in [6.45, 7) is 8.96. The van der Waals surface area contributed by atoms with Crippen LogP contribution in [0.3, 0.4) is 0 Å². The van der Waals surface area contributed by atoms with Crippen molar-refractivity contribution in [2.75, 3.05) is 11.1 Å². The van der Waals surface area contributed by atoms with Crippen molar-refractivity contribution in [1.29, 1.82) is 0 Å². The highest BCUT2D eigenvalue weighted by atomic mass is 35.5. The molecule has 0 saturated carbocycles. The summed E-state index contributed by atoms with van der Waals surface area (Å²) in [6.07, 6.45) is 4.23. The van der Waals surface area contributed by atoms with Gasteiger partial charge in [-0.25, -0.2) is 14.6 Å². The van der Waals surface area contributed by atoms with Gasteiger partial charge in [-0.2, -0.15) is 10.2 Å². The van der Waals surface area contributed by atoms with Gasteiger partial charge in [-0.3, -0.25) is 9.48 Å². The Hall–Kier alpha value is -3.92. The van der Waals surface area contributed by atoms with E-state index in [0.717, 1.165) is 18.4 Å². The molecular weight excluding hydrogens is 466 g/mol. The van der Waals surface area contributed by atoms with Crippen molar-refractivity contribution in [1.82, 2.24) is 34.5 Å². The second kappa shape index (κ2) is 8.38. The minimum absolute atomic E-state index is 0.263. The van der Waals surface area contributed by atoms with E-state index in [2.05, 4.69) is 32.3 Å². The molecule has 1 aromatic carbocycles. The van der Waals surface area contributed by atoms with Crippen molar-refractivity contribution in [2.45, 2.75) is 46.2 Å². The third-order valence-corrected chi connectivity index (χ3v) is 6.09. The first-order valence-electron chi connectivity index (χ1n) is 11.3.